The lowest BCUT2D eigenvalue weighted by atomic mass is 9.52. The molecule has 2 fully saturated rings. The number of hydrogen-bond acceptors (Lipinski definition) is 8. The van der Waals surface area contributed by atoms with E-state index < -0.39 is 34.5 Å². The second kappa shape index (κ2) is 7.27. The molecule has 2 saturated heterocycles. The van der Waals surface area contributed by atoms with Crippen LogP contribution in [0.25, 0.3) is 0 Å². The first-order valence-electron chi connectivity index (χ1n) is 9.84. The second-order valence-corrected chi connectivity index (χ2v) is 7.85. The highest BCUT2D eigenvalue weighted by molar-refractivity contribution is 5.90. The van der Waals surface area contributed by atoms with E-state index >= 15 is 0 Å². The summed E-state index contributed by atoms with van der Waals surface area (Å²) in [6, 6.07) is 20.0. The summed E-state index contributed by atoms with van der Waals surface area (Å²) in [4.78, 5) is 0. The lowest BCUT2D eigenvalue weighted by molar-refractivity contribution is -0.253. The maximum absolute atomic E-state index is 10.5. The fourth-order valence-electron chi connectivity index (χ4n) is 4.96. The Bertz CT molecular complexity index is 1210. The Labute approximate surface area is 185 Å². The summed E-state index contributed by atoms with van der Waals surface area (Å²) >= 11 is 0. The lowest BCUT2D eigenvalue weighted by Gasteiger charge is -2.49. The quantitative estimate of drug-likeness (QED) is 0.782. The van der Waals surface area contributed by atoms with Crippen molar-refractivity contribution in [3.05, 3.63) is 59.7 Å². The van der Waals surface area contributed by atoms with Crippen molar-refractivity contribution in [2.24, 2.45) is 10.8 Å². The predicted octanol–water partition coefficient (Wildman–Crippen LogP) is 3.83. The number of ether oxygens (including phenoxy) is 4. The number of nitriles is 3. The molecule has 0 amide bonds. The van der Waals surface area contributed by atoms with Crippen LogP contribution >= 0.6 is 0 Å². The molecule has 160 valence electrons. The van der Waals surface area contributed by atoms with Crippen LogP contribution in [0, 0.1) is 50.2 Å². The van der Waals surface area contributed by atoms with Crippen LogP contribution in [0.4, 0.5) is 0 Å². The molecule has 2 aromatic carbocycles. The average Bonchev–Trinajstić information content (AvgIpc) is 3.01. The number of nitrogens with zero attached hydrogens (tertiary/aromatic N) is 3. The minimum Gasteiger partial charge on any atom is -0.497 e. The summed E-state index contributed by atoms with van der Waals surface area (Å²) in [7, 11) is 2.99. The first-order valence-corrected chi connectivity index (χ1v) is 9.84. The minimum atomic E-state index is -2.09. The van der Waals surface area contributed by atoms with E-state index in [0.717, 1.165) is 0 Å². The predicted molar refractivity (Wildman–Crippen MR) is 111 cm³/mol. The third kappa shape index (κ3) is 2.46. The van der Waals surface area contributed by atoms with Crippen molar-refractivity contribution in [1.29, 1.82) is 21.2 Å². The van der Waals surface area contributed by atoms with E-state index in [1.54, 1.807) is 55.5 Å². The Balaban J connectivity index is 2.05. The number of benzene rings is 2. The number of rotatable bonds is 4. The highest BCUT2D eigenvalue weighted by Gasteiger charge is 2.80. The maximum Gasteiger partial charge on any atom is 0.219 e. The number of para-hydroxylation sites is 1. The zero-order valence-electron chi connectivity index (χ0n) is 17.7. The highest BCUT2D eigenvalue weighted by atomic mass is 16.7. The van der Waals surface area contributed by atoms with E-state index in [4.69, 9.17) is 24.4 Å². The molecule has 2 aromatic rings. The van der Waals surface area contributed by atoms with E-state index in [-0.39, 0.29) is 0 Å². The fourth-order valence-corrected chi connectivity index (χ4v) is 4.96. The molecule has 2 heterocycles. The van der Waals surface area contributed by atoms with Gasteiger partial charge in [-0.1, -0.05) is 30.3 Å². The zero-order valence-corrected chi connectivity index (χ0v) is 17.7. The molecule has 0 aromatic heterocycles. The van der Waals surface area contributed by atoms with Crippen LogP contribution in [0.3, 0.4) is 0 Å². The molecule has 0 radical (unpaired) electrons. The number of nitrogens with one attached hydrogen (secondary N) is 1. The van der Waals surface area contributed by atoms with E-state index in [1.807, 2.05) is 12.1 Å². The van der Waals surface area contributed by atoms with Gasteiger partial charge in [-0.05, 0) is 23.8 Å². The molecule has 8 nitrogen and oxygen atoms in total. The highest BCUT2D eigenvalue weighted by Crippen LogP contribution is 2.70. The summed E-state index contributed by atoms with van der Waals surface area (Å²) < 4.78 is 23.0. The molecule has 0 saturated carbocycles. The zero-order chi connectivity index (χ0) is 23.1. The molecule has 2 aliphatic heterocycles. The van der Waals surface area contributed by atoms with Crippen molar-refractivity contribution in [3.63, 3.8) is 0 Å². The maximum atomic E-state index is 10.5. The summed E-state index contributed by atoms with van der Waals surface area (Å²) in [5.41, 5.74) is -3.06. The molecule has 2 aliphatic rings. The van der Waals surface area contributed by atoms with Gasteiger partial charge in [0.05, 0.1) is 38.3 Å². The van der Waals surface area contributed by atoms with Gasteiger partial charge in [-0.3, -0.25) is 5.41 Å². The van der Waals surface area contributed by atoms with Crippen LogP contribution in [0.2, 0.25) is 0 Å². The van der Waals surface area contributed by atoms with Gasteiger partial charge < -0.3 is 18.9 Å². The number of hydrogen-bond donors (Lipinski definition) is 1. The monoisotopic (exact) mass is 428 g/mol. The molecule has 4 rings (SSSR count). The van der Waals surface area contributed by atoms with Crippen LogP contribution in [0.5, 0.6) is 11.5 Å². The fraction of sp³-hybridized carbons (Fsp3) is 0.333. The largest absolute Gasteiger partial charge is 0.497 e. The van der Waals surface area contributed by atoms with Crippen LogP contribution in [0.1, 0.15) is 30.1 Å². The molecule has 0 aliphatic carbocycles. The number of fused-ring (bicyclic) bond motifs is 2. The van der Waals surface area contributed by atoms with Crippen molar-refractivity contribution in [2.75, 3.05) is 14.2 Å². The minimum absolute atomic E-state index is 0.440. The molecule has 32 heavy (non-hydrogen) atoms. The van der Waals surface area contributed by atoms with Gasteiger partial charge in [0.2, 0.25) is 17.1 Å². The average molecular weight is 428 g/mol. The van der Waals surface area contributed by atoms with Crippen LogP contribution in [-0.4, -0.2) is 25.9 Å². The standard InChI is InChI=1S/C24H20N4O4/c1-22-19(17-9-4-5-10-18(17)30-3)24(14-27,21(28)32-22)23(12-25,13-26)20(31-22)15-7-6-8-16(11-15)29-2/h4-11,19-20,28H,1-3H3. The Morgan fingerprint density at radius 1 is 0.969 bits per heavy atom. The molecule has 4 atom stereocenters. The van der Waals surface area contributed by atoms with Crippen molar-refractivity contribution in [1.82, 2.24) is 0 Å². The second-order valence-electron chi connectivity index (χ2n) is 7.85. The van der Waals surface area contributed by atoms with Gasteiger partial charge in [-0.15, -0.1) is 0 Å². The Morgan fingerprint density at radius 3 is 2.31 bits per heavy atom. The Morgan fingerprint density at radius 2 is 1.69 bits per heavy atom. The van der Waals surface area contributed by atoms with Gasteiger partial charge in [0, 0.05) is 12.5 Å². The lowest BCUT2D eigenvalue weighted by Crippen LogP contribution is -2.57. The van der Waals surface area contributed by atoms with Crippen LogP contribution in [-0.2, 0) is 9.47 Å². The van der Waals surface area contributed by atoms with Crippen molar-refractivity contribution in [3.8, 4) is 29.7 Å². The topological polar surface area (TPSA) is 132 Å². The van der Waals surface area contributed by atoms with E-state index in [1.165, 1.54) is 14.2 Å². The summed E-state index contributed by atoms with van der Waals surface area (Å²) in [5, 5.41) is 40.0. The third-order valence-corrected chi connectivity index (χ3v) is 6.36. The van der Waals surface area contributed by atoms with Gasteiger partial charge in [0.1, 0.15) is 17.6 Å². The first kappa shape index (κ1) is 21.2. The van der Waals surface area contributed by atoms with Gasteiger partial charge in [0.15, 0.2) is 5.41 Å². The Hall–Kier alpha value is -4.06. The van der Waals surface area contributed by atoms with Gasteiger partial charge in [0.25, 0.3) is 0 Å². The third-order valence-electron chi connectivity index (χ3n) is 6.36. The smallest absolute Gasteiger partial charge is 0.219 e. The summed E-state index contributed by atoms with van der Waals surface area (Å²) in [6.45, 7) is 1.61. The van der Waals surface area contributed by atoms with Gasteiger partial charge in [-0.2, -0.15) is 15.8 Å². The van der Waals surface area contributed by atoms with E-state index in [0.29, 0.717) is 22.6 Å². The van der Waals surface area contributed by atoms with E-state index in [9.17, 15) is 15.8 Å². The molecule has 0 spiro atoms. The summed E-state index contributed by atoms with van der Waals surface area (Å²) in [5.74, 6) is -2.01. The first-order chi connectivity index (χ1) is 15.4. The van der Waals surface area contributed by atoms with E-state index in [2.05, 4.69) is 6.07 Å². The molecule has 4 unspecified atom stereocenters. The van der Waals surface area contributed by atoms with Crippen molar-refractivity contribution in [2.45, 2.75) is 24.7 Å². The van der Waals surface area contributed by atoms with Crippen molar-refractivity contribution < 1.29 is 18.9 Å². The SMILES string of the molecule is COc1cccc(C2OC3(C)OC(=N)C(C#N)(C3c3ccccc3OC)C2(C#N)C#N)c1. The van der Waals surface area contributed by atoms with Crippen LogP contribution < -0.4 is 9.47 Å². The molecule has 1 N–H and O–H groups in total. The normalized spacial score (nSPS) is 29.7. The molecule has 8 heteroatoms. The number of methoxy groups -OCH3 is 2. The van der Waals surface area contributed by atoms with Crippen LogP contribution in [0.15, 0.2) is 48.5 Å². The van der Waals surface area contributed by atoms with Gasteiger partial charge in [-0.25, -0.2) is 0 Å². The van der Waals surface area contributed by atoms with Gasteiger partial charge >= 0.3 is 0 Å². The Kier molecular flexibility index (Phi) is 4.81. The molecular formula is C24H20N4O4. The van der Waals surface area contributed by atoms with Crippen molar-refractivity contribution >= 4 is 5.90 Å². The molecular weight excluding hydrogens is 408 g/mol. The summed E-state index contributed by atoms with van der Waals surface area (Å²) in [6.07, 6.45) is -1.17. The molecule has 2 bridgehead atoms.